The molecule has 1 aromatic heterocycles. The maximum absolute atomic E-state index is 11.9. The highest BCUT2D eigenvalue weighted by atomic mass is 19.4. The summed E-state index contributed by atoms with van der Waals surface area (Å²) < 4.78 is 35.6. The number of H-pyrrole nitrogens is 1. The van der Waals surface area contributed by atoms with Gasteiger partial charge in [0.2, 0.25) is 11.8 Å². The Morgan fingerprint density at radius 2 is 2.17 bits per heavy atom. The van der Waals surface area contributed by atoms with E-state index in [4.69, 9.17) is 0 Å². The molecule has 2 N–H and O–H groups in total. The minimum absolute atomic E-state index is 0.0372. The number of nitrogens with zero attached hydrogens (tertiary/aromatic N) is 2. The van der Waals surface area contributed by atoms with Gasteiger partial charge in [-0.1, -0.05) is 0 Å². The summed E-state index contributed by atoms with van der Waals surface area (Å²) in [7, 11) is 0. The number of hydrogen-bond acceptors (Lipinski definition) is 3. The molecule has 0 saturated heterocycles. The molecule has 12 heavy (non-hydrogen) atoms. The van der Waals surface area contributed by atoms with Crippen LogP contribution >= 0.6 is 0 Å². The van der Waals surface area contributed by atoms with Gasteiger partial charge in [-0.25, -0.2) is 0 Å². The molecule has 0 aliphatic rings. The number of anilines is 1. The standard InChI is InChI=1S/C5H7F3N4/c1-2-9-4-10-3(11-12-4)5(6,7)8/h2H2,1H3,(H2,9,10,11,12). The predicted octanol–water partition coefficient (Wildman–Crippen LogP) is 1.26. The van der Waals surface area contributed by atoms with Gasteiger partial charge in [0.15, 0.2) is 0 Å². The van der Waals surface area contributed by atoms with E-state index in [-0.39, 0.29) is 5.95 Å². The van der Waals surface area contributed by atoms with Crippen molar-refractivity contribution in [1.29, 1.82) is 0 Å². The van der Waals surface area contributed by atoms with Crippen LogP contribution in [-0.2, 0) is 6.18 Å². The molecule has 0 spiro atoms. The Hall–Kier alpha value is -1.27. The molecule has 0 atom stereocenters. The minimum atomic E-state index is -4.46. The van der Waals surface area contributed by atoms with Crippen molar-refractivity contribution in [3.63, 3.8) is 0 Å². The Balaban J connectivity index is 2.77. The highest BCUT2D eigenvalue weighted by Crippen LogP contribution is 2.25. The maximum Gasteiger partial charge on any atom is 0.451 e. The lowest BCUT2D eigenvalue weighted by Crippen LogP contribution is -2.07. The Bertz CT molecular complexity index is 253. The fourth-order valence-electron chi connectivity index (χ4n) is 0.626. The van der Waals surface area contributed by atoms with E-state index < -0.39 is 12.0 Å². The van der Waals surface area contributed by atoms with E-state index in [1.165, 1.54) is 0 Å². The molecule has 0 fully saturated rings. The Labute approximate surface area is 66.2 Å². The third kappa shape index (κ3) is 1.86. The van der Waals surface area contributed by atoms with Crippen LogP contribution in [0.3, 0.4) is 0 Å². The molecule has 0 aliphatic heterocycles. The molecule has 68 valence electrons. The Morgan fingerprint density at radius 3 is 2.58 bits per heavy atom. The van der Waals surface area contributed by atoms with Gasteiger partial charge in [-0.05, 0) is 6.92 Å². The van der Waals surface area contributed by atoms with Gasteiger partial charge in [-0.3, -0.25) is 5.10 Å². The molecule has 0 aromatic carbocycles. The number of aromatic amines is 1. The summed E-state index contributed by atoms with van der Waals surface area (Å²) in [4.78, 5) is 3.17. The number of alkyl halides is 3. The summed E-state index contributed by atoms with van der Waals surface area (Å²) in [6.45, 7) is 2.22. The second-order valence-corrected chi connectivity index (χ2v) is 2.04. The van der Waals surface area contributed by atoms with Crippen LogP contribution in [0.25, 0.3) is 0 Å². The van der Waals surface area contributed by atoms with Crippen LogP contribution in [0, 0.1) is 0 Å². The highest BCUT2D eigenvalue weighted by molar-refractivity contribution is 5.22. The van der Waals surface area contributed by atoms with Gasteiger partial charge >= 0.3 is 6.18 Å². The lowest BCUT2D eigenvalue weighted by Gasteiger charge is -1.98. The SMILES string of the molecule is CCNc1n[nH]c(C(F)(F)F)n1. The summed E-state index contributed by atoms with van der Waals surface area (Å²) in [5, 5.41) is 7.63. The number of rotatable bonds is 2. The first-order valence-electron chi connectivity index (χ1n) is 3.27. The van der Waals surface area contributed by atoms with Crippen molar-refractivity contribution in [2.24, 2.45) is 0 Å². The monoisotopic (exact) mass is 180 g/mol. The van der Waals surface area contributed by atoms with Crippen LogP contribution in [0.1, 0.15) is 12.7 Å². The van der Waals surface area contributed by atoms with Crippen molar-refractivity contribution >= 4 is 5.95 Å². The molecule has 7 heteroatoms. The van der Waals surface area contributed by atoms with Crippen molar-refractivity contribution in [2.45, 2.75) is 13.1 Å². The normalized spacial score (nSPS) is 11.7. The van der Waals surface area contributed by atoms with Gasteiger partial charge in [0, 0.05) is 6.54 Å². The lowest BCUT2D eigenvalue weighted by molar-refractivity contribution is -0.144. The maximum atomic E-state index is 11.9. The topological polar surface area (TPSA) is 53.6 Å². The van der Waals surface area contributed by atoms with Crippen LogP contribution in [0.5, 0.6) is 0 Å². The van der Waals surface area contributed by atoms with E-state index in [1.807, 2.05) is 0 Å². The molecule has 1 aromatic rings. The van der Waals surface area contributed by atoms with E-state index >= 15 is 0 Å². The first-order valence-corrected chi connectivity index (χ1v) is 3.27. The predicted molar refractivity (Wildman–Crippen MR) is 35.5 cm³/mol. The van der Waals surface area contributed by atoms with Crippen molar-refractivity contribution in [2.75, 3.05) is 11.9 Å². The molecular weight excluding hydrogens is 173 g/mol. The van der Waals surface area contributed by atoms with Gasteiger partial charge in [-0.2, -0.15) is 18.2 Å². The first kappa shape index (κ1) is 8.82. The molecule has 0 bridgehead atoms. The van der Waals surface area contributed by atoms with Crippen molar-refractivity contribution in [3.05, 3.63) is 5.82 Å². The van der Waals surface area contributed by atoms with Crippen LogP contribution in [0.2, 0.25) is 0 Å². The minimum Gasteiger partial charge on any atom is -0.353 e. The number of nitrogens with one attached hydrogen (secondary N) is 2. The third-order valence-corrected chi connectivity index (χ3v) is 1.09. The zero-order valence-corrected chi connectivity index (χ0v) is 6.24. The lowest BCUT2D eigenvalue weighted by atomic mass is 10.6. The average Bonchev–Trinajstić information content (AvgIpc) is 2.35. The van der Waals surface area contributed by atoms with Crippen molar-refractivity contribution in [3.8, 4) is 0 Å². The van der Waals surface area contributed by atoms with Gasteiger partial charge in [0.05, 0.1) is 0 Å². The number of aromatic nitrogens is 3. The summed E-state index contributed by atoms with van der Waals surface area (Å²) in [6, 6.07) is 0. The van der Waals surface area contributed by atoms with E-state index in [1.54, 1.807) is 12.0 Å². The van der Waals surface area contributed by atoms with Gasteiger partial charge in [0.1, 0.15) is 0 Å². The first-order chi connectivity index (χ1) is 5.54. The molecule has 1 rings (SSSR count). The van der Waals surface area contributed by atoms with Crippen LogP contribution < -0.4 is 5.32 Å². The largest absolute Gasteiger partial charge is 0.451 e. The van der Waals surface area contributed by atoms with E-state index in [9.17, 15) is 13.2 Å². The molecular formula is C5H7F3N4. The van der Waals surface area contributed by atoms with E-state index in [0.29, 0.717) is 6.54 Å². The van der Waals surface area contributed by atoms with E-state index in [2.05, 4.69) is 15.4 Å². The zero-order valence-electron chi connectivity index (χ0n) is 6.24. The smallest absolute Gasteiger partial charge is 0.353 e. The summed E-state index contributed by atoms with van der Waals surface area (Å²) in [5.74, 6) is -1.12. The number of hydrogen-bond donors (Lipinski definition) is 2. The molecule has 0 aliphatic carbocycles. The molecule has 0 saturated carbocycles. The Kier molecular flexibility index (Phi) is 2.20. The Morgan fingerprint density at radius 1 is 1.50 bits per heavy atom. The van der Waals surface area contributed by atoms with Crippen molar-refractivity contribution in [1.82, 2.24) is 15.2 Å². The van der Waals surface area contributed by atoms with Crippen LogP contribution in [0.15, 0.2) is 0 Å². The number of halogens is 3. The zero-order chi connectivity index (χ0) is 9.19. The van der Waals surface area contributed by atoms with E-state index in [0.717, 1.165) is 0 Å². The average molecular weight is 180 g/mol. The van der Waals surface area contributed by atoms with Gasteiger partial charge in [-0.15, -0.1) is 5.10 Å². The fourth-order valence-corrected chi connectivity index (χ4v) is 0.626. The molecule has 0 unspecified atom stereocenters. The summed E-state index contributed by atoms with van der Waals surface area (Å²) >= 11 is 0. The van der Waals surface area contributed by atoms with Gasteiger partial charge in [0.25, 0.3) is 0 Å². The second kappa shape index (κ2) is 3.00. The third-order valence-electron chi connectivity index (χ3n) is 1.09. The summed E-state index contributed by atoms with van der Waals surface area (Å²) in [5.41, 5.74) is 0. The molecule has 0 amide bonds. The quantitative estimate of drug-likeness (QED) is 0.720. The highest BCUT2D eigenvalue weighted by Gasteiger charge is 2.35. The second-order valence-electron chi connectivity index (χ2n) is 2.04. The van der Waals surface area contributed by atoms with Gasteiger partial charge < -0.3 is 5.32 Å². The summed E-state index contributed by atoms with van der Waals surface area (Å²) in [6.07, 6.45) is -4.46. The molecule has 4 nitrogen and oxygen atoms in total. The molecule has 1 heterocycles. The fraction of sp³-hybridized carbons (Fsp3) is 0.600. The molecule has 0 radical (unpaired) electrons. The van der Waals surface area contributed by atoms with Crippen LogP contribution in [-0.4, -0.2) is 21.7 Å². The van der Waals surface area contributed by atoms with Crippen LogP contribution in [0.4, 0.5) is 19.1 Å². The van der Waals surface area contributed by atoms with Crippen molar-refractivity contribution < 1.29 is 13.2 Å².